The normalized spacial score (nSPS) is 10.9. The van der Waals surface area contributed by atoms with E-state index in [2.05, 4.69) is 15.8 Å². The summed E-state index contributed by atoms with van der Waals surface area (Å²) in [5, 5.41) is 17.3. The molecule has 6 nitrogen and oxygen atoms in total. The number of nitrogens with zero attached hydrogens (tertiary/aromatic N) is 1. The molecule has 3 N–H and O–H groups in total. The van der Waals surface area contributed by atoms with E-state index in [1.807, 2.05) is 12.1 Å². The lowest BCUT2D eigenvalue weighted by Crippen LogP contribution is -2.19. The first-order valence-electron chi connectivity index (χ1n) is 6.64. The Balaban J connectivity index is 2.03. The number of para-hydroxylation sites is 2. The molecule has 2 aromatic carbocycles. The van der Waals surface area contributed by atoms with E-state index in [0.717, 1.165) is 5.56 Å². The molecule has 2 aromatic rings. The van der Waals surface area contributed by atoms with Crippen molar-refractivity contribution in [2.24, 2.45) is 5.16 Å². The first-order chi connectivity index (χ1) is 10.6. The zero-order chi connectivity index (χ0) is 15.9. The van der Waals surface area contributed by atoms with Gasteiger partial charge in [0.2, 0.25) is 0 Å². The number of carbonyl (C=O) groups excluding carboxylic acids is 1. The van der Waals surface area contributed by atoms with Gasteiger partial charge in [-0.05, 0) is 36.8 Å². The van der Waals surface area contributed by atoms with Crippen molar-refractivity contribution in [1.82, 2.24) is 0 Å². The first kappa shape index (κ1) is 15.4. The maximum absolute atomic E-state index is 12.0. The molecule has 0 spiro atoms. The minimum atomic E-state index is -0.371. The predicted octanol–water partition coefficient (Wildman–Crippen LogP) is 3.54. The third kappa shape index (κ3) is 3.76. The summed E-state index contributed by atoms with van der Waals surface area (Å²) in [6.07, 6.45) is 0. The Morgan fingerprint density at radius 3 is 2.41 bits per heavy atom. The second-order valence-electron chi connectivity index (χ2n) is 4.54. The molecule has 2 amide bonds. The van der Waals surface area contributed by atoms with Crippen LogP contribution in [0.3, 0.4) is 0 Å². The number of hydrogen-bond acceptors (Lipinski definition) is 4. The highest BCUT2D eigenvalue weighted by atomic mass is 16.5. The van der Waals surface area contributed by atoms with Gasteiger partial charge >= 0.3 is 6.03 Å². The predicted molar refractivity (Wildman–Crippen MR) is 86.1 cm³/mol. The average molecular weight is 299 g/mol. The Morgan fingerprint density at radius 1 is 1.09 bits per heavy atom. The number of rotatable bonds is 4. The molecule has 6 heteroatoms. The van der Waals surface area contributed by atoms with E-state index in [-0.39, 0.29) is 6.03 Å². The van der Waals surface area contributed by atoms with Crippen LogP contribution in [0.2, 0.25) is 0 Å². The topological polar surface area (TPSA) is 83.0 Å². The molecule has 114 valence electrons. The number of carbonyl (C=O) groups is 1. The van der Waals surface area contributed by atoms with Gasteiger partial charge in [-0.15, -0.1) is 0 Å². The fraction of sp³-hybridized carbons (Fsp3) is 0.125. The molecule has 0 aliphatic heterocycles. The van der Waals surface area contributed by atoms with Crippen molar-refractivity contribution in [3.63, 3.8) is 0 Å². The van der Waals surface area contributed by atoms with Crippen LogP contribution in [0.25, 0.3) is 0 Å². The first-order valence-corrected chi connectivity index (χ1v) is 6.64. The second kappa shape index (κ2) is 7.12. The van der Waals surface area contributed by atoms with Gasteiger partial charge in [0, 0.05) is 5.69 Å². The largest absolute Gasteiger partial charge is 0.495 e. The highest BCUT2D eigenvalue weighted by molar-refractivity contribution is 6.02. The van der Waals surface area contributed by atoms with Crippen LogP contribution >= 0.6 is 0 Å². The van der Waals surface area contributed by atoms with Gasteiger partial charge in [0.25, 0.3) is 0 Å². The number of nitrogens with one attached hydrogen (secondary N) is 2. The monoisotopic (exact) mass is 299 g/mol. The molecular weight excluding hydrogens is 282 g/mol. The third-order valence-corrected chi connectivity index (χ3v) is 3.07. The summed E-state index contributed by atoms with van der Waals surface area (Å²) in [6.45, 7) is 1.69. The van der Waals surface area contributed by atoms with Gasteiger partial charge in [-0.2, -0.15) is 0 Å². The molecule has 0 bridgehead atoms. The van der Waals surface area contributed by atoms with Crippen LogP contribution in [0.1, 0.15) is 12.5 Å². The lowest BCUT2D eigenvalue weighted by atomic mass is 10.1. The van der Waals surface area contributed by atoms with Crippen molar-refractivity contribution >= 4 is 23.1 Å². The highest BCUT2D eigenvalue weighted by Gasteiger charge is 2.07. The van der Waals surface area contributed by atoms with Crippen molar-refractivity contribution in [2.75, 3.05) is 17.7 Å². The van der Waals surface area contributed by atoms with Crippen molar-refractivity contribution in [1.29, 1.82) is 0 Å². The van der Waals surface area contributed by atoms with E-state index < -0.39 is 0 Å². The summed E-state index contributed by atoms with van der Waals surface area (Å²) in [6, 6.07) is 13.8. The average Bonchev–Trinajstić information content (AvgIpc) is 2.55. The van der Waals surface area contributed by atoms with E-state index in [1.165, 1.54) is 0 Å². The molecule has 22 heavy (non-hydrogen) atoms. The molecule has 0 fully saturated rings. The number of hydrogen-bond donors (Lipinski definition) is 3. The molecule has 0 saturated carbocycles. The summed E-state index contributed by atoms with van der Waals surface area (Å²) >= 11 is 0. The Hall–Kier alpha value is -3.02. The fourth-order valence-corrected chi connectivity index (χ4v) is 1.89. The Labute approximate surface area is 128 Å². The van der Waals surface area contributed by atoms with E-state index in [4.69, 9.17) is 9.94 Å². The van der Waals surface area contributed by atoms with Crippen molar-refractivity contribution in [3.05, 3.63) is 54.1 Å². The molecule has 0 saturated heterocycles. The quantitative estimate of drug-likeness (QED) is 0.459. The number of ether oxygens (including phenoxy) is 1. The van der Waals surface area contributed by atoms with Gasteiger partial charge in [-0.25, -0.2) is 4.79 Å². The molecule has 0 aliphatic rings. The molecule has 0 aromatic heterocycles. The highest BCUT2D eigenvalue weighted by Crippen LogP contribution is 2.23. The van der Waals surface area contributed by atoms with Gasteiger partial charge < -0.3 is 20.6 Å². The molecule has 0 heterocycles. The van der Waals surface area contributed by atoms with Gasteiger partial charge in [-0.1, -0.05) is 29.4 Å². The van der Waals surface area contributed by atoms with E-state index in [0.29, 0.717) is 22.8 Å². The summed E-state index contributed by atoms with van der Waals surface area (Å²) in [5.41, 5.74) is 2.49. The minimum absolute atomic E-state index is 0.371. The van der Waals surface area contributed by atoms with E-state index in [9.17, 15) is 4.79 Å². The zero-order valence-corrected chi connectivity index (χ0v) is 12.3. The lowest BCUT2D eigenvalue weighted by Gasteiger charge is -2.11. The number of methoxy groups -OCH3 is 1. The van der Waals surface area contributed by atoms with Crippen molar-refractivity contribution < 1.29 is 14.7 Å². The molecular formula is C16H17N3O3. The number of anilines is 2. The van der Waals surface area contributed by atoms with E-state index in [1.54, 1.807) is 50.4 Å². The van der Waals surface area contributed by atoms with Crippen LogP contribution in [0.5, 0.6) is 5.75 Å². The third-order valence-electron chi connectivity index (χ3n) is 3.07. The Kier molecular flexibility index (Phi) is 4.98. The maximum atomic E-state index is 12.0. The van der Waals surface area contributed by atoms with Crippen molar-refractivity contribution in [2.45, 2.75) is 6.92 Å². The summed E-state index contributed by atoms with van der Waals surface area (Å²) in [5.74, 6) is 0.586. The number of oxime groups is 1. The fourth-order valence-electron chi connectivity index (χ4n) is 1.89. The van der Waals surface area contributed by atoms with Gasteiger partial charge in [-0.3, -0.25) is 0 Å². The summed E-state index contributed by atoms with van der Waals surface area (Å²) < 4.78 is 5.17. The summed E-state index contributed by atoms with van der Waals surface area (Å²) in [4.78, 5) is 12.0. The lowest BCUT2D eigenvalue weighted by molar-refractivity contribution is 0.262. The number of benzene rings is 2. The molecule has 2 rings (SSSR count). The second-order valence-corrected chi connectivity index (χ2v) is 4.54. The summed E-state index contributed by atoms with van der Waals surface area (Å²) in [7, 11) is 1.54. The molecule has 0 unspecified atom stereocenters. The number of amides is 2. The van der Waals surface area contributed by atoms with Crippen LogP contribution < -0.4 is 15.4 Å². The molecule has 0 atom stereocenters. The van der Waals surface area contributed by atoms with Gasteiger partial charge in [0.05, 0.1) is 18.5 Å². The SMILES string of the molecule is COc1ccccc1NC(=O)Nc1ccc(/C(C)=N/O)cc1. The molecule has 0 radical (unpaired) electrons. The van der Waals surface area contributed by atoms with Crippen LogP contribution in [-0.2, 0) is 0 Å². The molecule has 0 aliphatic carbocycles. The Morgan fingerprint density at radius 2 is 1.77 bits per heavy atom. The zero-order valence-electron chi connectivity index (χ0n) is 12.3. The smallest absolute Gasteiger partial charge is 0.323 e. The van der Waals surface area contributed by atoms with Gasteiger partial charge in [0.1, 0.15) is 5.75 Å². The van der Waals surface area contributed by atoms with Crippen LogP contribution in [0.4, 0.5) is 16.2 Å². The van der Waals surface area contributed by atoms with Crippen molar-refractivity contribution in [3.8, 4) is 5.75 Å². The maximum Gasteiger partial charge on any atom is 0.323 e. The van der Waals surface area contributed by atoms with Gasteiger partial charge in [0.15, 0.2) is 0 Å². The van der Waals surface area contributed by atoms with Crippen LogP contribution in [0, 0.1) is 0 Å². The minimum Gasteiger partial charge on any atom is -0.495 e. The number of urea groups is 1. The Bertz CT molecular complexity index is 681. The van der Waals surface area contributed by atoms with E-state index >= 15 is 0 Å². The standard InChI is InChI=1S/C16H17N3O3/c1-11(19-21)12-7-9-13(10-8-12)17-16(20)18-14-5-3-4-6-15(14)22-2/h3-10,21H,1-2H3,(H2,17,18,20)/b19-11+. The van der Waals surface area contributed by atoms with Crippen LogP contribution in [-0.4, -0.2) is 24.1 Å². The van der Waals surface area contributed by atoms with Crippen LogP contribution in [0.15, 0.2) is 53.7 Å².